The van der Waals surface area contributed by atoms with Crippen molar-refractivity contribution in [1.29, 1.82) is 0 Å². The van der Waals surface area contributed by atoms with E-state index in [2.05, 4.69) is 9.97 Å². The van der Waals surface area contributed by atoms with E-state index in [1.54, 1.807) is 24.3 Å². The first-order valence-electron chi connectivity index (χ1n) is 9.29. The minimum absolute atomic E-state index is 0.104. The molecule has 0 unspecified atom stereocenters. The van der Waals surface area contributed by atoms with Crippen LogP contribution in [-0.4, -0.2) is 21.8 Å². The largest absolute Gasteiger partial charge is 0.286 e. The van der Waals surface area contributed by atoms with Crippen molar-refractivity contribution < 1.29 is 9.59 Å². The number of fused-ring (bicyclic) bond motifs is 7. The van der Waals surface area contributed by atoms with Gasteiger partial charge in [0, 0.05) is 10.8 Å². The Labute approximate surface area is 165 Å². The predicted molar refractivity (Wildman–Crippen MR) is 112 cm³/mol. The number of aromatic nitrogens is 2. The molecule has 0 fully saturated rings. The minimum Gasteiger partial charge on any atom is -0.266 e. The predicted octanol–water partition coefficient (Wildman–Crippen LogP) is 4.74. The zero-order chi connectivity index (χ0) is 19.5. The zero-order valence-electron chi connectivity index (χ0n) is 15.2. The van der Waals surface area contributed by atoms with Crippen LogP contribution in [0.1, 0.15) is 21.0 Å². The maximum Gasteiger partial charge on any atom is 0.286 e. The molecule has 1 aliphatic heterocycles. The normalized spacial score (nSPS) is 13.6. The van der Waals surface area contributed by atoms with Crippen molar-refractivity contribution in [2.45, 2.75) is 0 Å². The summed E-state index contributed by atoms with van der Waals surface area (Å²) in [6, 6.07) is 24.7. The van der Waals surface area contributed by atoms with Gasteiger partial charge in [0.2, 0.25) is 0 Å². The molecule has 0 saturated heterocycles. The van der Waals surface area contributed by atoms with Crippen molar-refractivity contribution in [2.75, 3.05) is 4.90 Å². The highest BCUT2D eigenvalue weighted by Crippen LogP contribution is 2.35. The Morgan fingerprint density at radius 3 is 1.41 bits per heavy atom. The second-order valence-electron chi connectivity index (χ2n) is 6.99. The molecule has 0 saturated carbocycles. The van der Waals surface area contributed by atoms with Crippen molar-refractivity contribution >= 4 is 50.1 Å². The van der Waals surface area contributed by atoms with Crippen LogP contribution in [0.15, 0.2) is 78.9 Å². The second-order valence-corrected chi connectivity index (χ2v) is 6.99. The maximum absolute atomic E-state index is 13.1. The zero-order valence-corrected chi connectivity index (χ0v) is 15.2. The molecule has 4 aromatic carbocycles. The van der Waals surface area contributed by atoms with Crippen LogP contribution in [-0.2, 0) is 0 Å². The summed E-state index contributed by atoms with van der Waals surface area (Å²) in [7, 11) is 0. The van der Waals surface area contributed by atoms with Crippen LogP contribution < -0.4 is 4.90 Å². The molecule has 6 rings (SSSR count). The van der Waals surface area contributed by atoms with Crippen LogP contribution in [0.4, 0.5) is 5.69 Å². The van der Waals surface area contributed by atoms with Gasteiger partial charge in [-0.05, 0) is 22.9 Å². The molecule has 2 heterocycles. The molecule has 0 radical (unpaired) electrons. The topological polar surface area (TPSA) is 63.2 Å². The van der Waals surface area contributed by atoms with E-state index in [0.717, 1.165) is 26.4 Å². The lowest BCUT2D eigenvalue weighted by Gasteiger charge is -2.12. The average Bonchev–Trinajstić information content (AvgIpc) is 3.03. The summed E-state index contributed by atoms with van der Waals surface area (Å²) < 4.78 is 0. The monoisotopic (exact) mass is 375 g/mol. The number of hydrogen-bond donors (Lipinski definition) is 0. The summed E-state index contributed by atoms with van der Waals surface area (Å²) in [5.74, 6) is -0.884. The first-order valence-corrected chi connectivity index (χ1v) is 9.29. The molecular formula is C24H13N3O2. The van der Waals surface area contributed by atoms with E-state index in [0.29, 0.717) is 16.7 Å². The third-order valence-corrected chi connectivity index (χ3v) is 5.38. The van der Waals surface area contributed by atoms with Gasteiger partial charge in [-0.1, -0.05) is 66.7 Å². The van der Waals surface area contributed by atoms with Crippen LogP contribution in [0.25, 0.3) is 32.6 Å². The van der Waals surface area contributed by atoms with Crippen molar-refractivity contribution in [3.05, 3.63) is 90.3 Å². The lowest BCUT2D eigenvalue weighted by Crippen LogP contribution is -2.29. The molecule has 0 bridgehead atoms. The number of para-hydroxylation sites is 1. The Kier molecular flexibility index (Phi) is 3.12. The van der Waals surface area contributed by atoms with E-state index in [1.807, 2.05) is 54.6 Å². The van der Waals surface area contributed by atoms with E-state index in [-0.39, 0.29) is 11.4 Å². The highest BCUT2D eigenvalue weighted by molar-refractivity contribution is 6.34. The molecule has 5 aromatic rings. The van der Waals surface area contributed by atoms with Gasteiger partial charge in [-0.25, -0.2) is 14.9 Å². The SMILES string of the molecule is O=C1c2nc3c4ccccc4c4ccccc4c3nc2C(=O)N1c1ccccc1. The Balaban J connectivity index is 1.72. The Bertz CT molecular complexity index is 1400. The molecule has 2 amide bonds. The fourth-order valence-corrected chi connectivity index (χ4v) is 4.07. The molecule has 0 spiro atoms. The number of benzene rings is 4. The minimum atomic E-state index is -0.442. The van der Waals surface area contributed by atoms with Crippen molar-refractivity contribution in [1.82, 2.24) is 9.97 Å². The fraction of sp³-hybridized carbons (Fsp3) is 0. The lowest BCUT2D eigenvalue weighted by atomic mass is 9.99. The molecular weight excluding hydrogens is 362 g/mol. The van der Waals surface area contributed by atoms with E-state index in [1.165, 1.54) is 0 Å². The summed E-state index contributed by atoms with van der Waals surface area (Å²) >= 11 is 0. The molecule has 0 N–H and O–H groups in total. The quantitative estimate of drug-likeness (QED) is 0.314. The number of rotatable bonds is 1. The summed E-state index contributed by atoms with van der Waals surface area (Å²) in [6.07, 6.45) is 0. The molecule has 1 aromatic heterocycles. The van der Waals surface area contributed by atoms with Crippen LogP contribution in [0.2, 0.25) is 0 Å². The number of hydrogen-bond acceptors (Lipinski definition) is 4. The Morgan fingerprint density at radius 2 is 0.931 bits per heavy atom. The third kappa shape index (κ3) is 2.09. The fourth-order valence-electron chi connectivity index (χ4n) is 4.07. The van der Waals surface area contributed by atoms with Crippen molar-refractivity contribution in [3.8, 4) is 0 Å². The highest BCUT2D eigenvalue weighted by atomic mass is 16.2. The maximum atomic E-state index is 13.1. The van der Waals surface area contributed by atoms with Crippen molar-refractivity contribution in [2.24, 2.45) is 0 Å². The molecule has 5 heteroatoms. The van der Waals surface area contributed by atoms with Crippen molar-refractivity contribution in [3.63, 3.8) is 0 Å². The second kappa shape index (κ2) is 5.69. The molecule has 29 heavy (non-hydrogen) atoms. The standard InChI is InChI=1S/C24H13N3O2/c28-23-21-22(24(29)27(23)14-8-2-1-3-9-14)26-20-18-13-7-5-11-16(18)15-10-4-6-12-17(15)19(20)25-21/h1-13H. The van der Waals surface area contributed by atoms with E-state index < -0.39 is 11.8 Å². The summed E-state index contributed by atoms with van der Waals surface area (Å²) in [4.78, 5) is 36.6. The highest BCUT2D eigenvalue weighted by Gasteiger charge is 2.40. The van der Waals surface area contributed by atoms with E-state index in [9.17, 15) is 9.59 Å². The molecule has 136 valence electrons. The number of imide groups is 1. The van der Waals surface area contributed by atoms with Gasteiger partial charge in [-0.3, -0.25) is 9.59 Å². The smallest absolute Gasteiger partial charge is 0.266 e. The van der Waals surface area contributed by atoms with E-state index in [4.69, 9.17) is 0 Å². The number of carbonyl (C=O) groups excluding carboxylic acids is 2. The first kappa shape index (κ1) is 15.9. The van der Waals surface area contributed by atoms with Gasteiger partial charge in [0.1, 0.15) is 0 Å². The number of amides is 2. The molecule has 0 atom stereocenters. The molecule has 1 aliphatic rings. The van der Waals surface area contributed by atoms with Crippen LogP contribution in [0.5, 0.6) is 0 Å². The van der Waals surface area contributed by atoms with Gasteiger partial charge in [-0.2, -0.15) is 0 Å². The average molecular weight is 375 g/mol. The summed E-state index contributed by atoms with van der Waals surface area (Å²) in [5.41, 5.74) is 1.99. The Hall–Kier alpha value is -4.12. The first-order chi connectivity index (χ1) is 14.2. The molecule has 5 nitrogen and oxygen atoms in total. The number of carbonyl (C=O) groups is 2. The van der Waals surface area contributed by atoms with Gasteiger partial charge in [0.15, 0.2) is 11.4 Å². The lowest BCUT2D eigenvalue weighted by molar-refractivity contribution is 0.0923. The summed E-state index contributed by atoms with van der Waals surface area (Å²) in [6.45, 7) is 0. The van der Waals surface area contributed by atoms with Gasteiger partial charge >= 0.3 is 0 Å². The van der Waals surface area contributed by atoms with Gasteiger partial charge in [0.05, 0.1) is 16.7 Å². The van der Waals surface area contributed by atoms with Crippen LogP contribution in [0.3, 0.4) is 0 Å². The molecule has 0 aliphatic carbocycles. The summed E-state index contributed by atoms with van der Waals surface area (Å²) in [5, 5.41) is 3.91. The van der Waals surface area contributed by atoms with Crippen LogP contribution >= 0.6 is 0 Å². The van der Waals surface area contributed by atoms with Gasteiger partial charge in [0.25, 0.3) is 11.8 Å². The van der Waals surface area contributed by atoms with Gasteiger partial charge < -0.3 is 0 Å². The van der Waals surface area contributed by atoms with E-state index >= 15 is 0 Å². The third-order valence-electron chi connectivity index (χ3n) is 5.38. The Morgan fingerprint density at radius 1 is 0.517 bits per heavy atom. The number of anilines is 1. The van der Waals surface area contributed by atoms with Crippen LogP contribution in [0, 0.1) is 0 Å². The van der Waals surface area contributed by atoms with Gasteiger partial charge in [-0.15, -0.1) is 0 Å². The number of nitrogens with zero attached hydrogens (tertiary/aromatic N) is 3.